The van der Waals surface area contributed by atoms with Crippen LogP contribution in [0.1, 0.15) is 45.4 Å². The Labute approximate surface area is 247 Å². The molecule has 3 aromatic rings. The average Bonchev–Trinajstić information content (AvgIpc) is 2.88. The second-order valence-electron chi connectivity index (χ2n) is 10.5. The number of hydrogen-bond donors (Lipinski definition) is 3. The highest BCUT2D eigenvalue weighted by Crippen LogP contribution is 2.42. The average molecular weight is 602 g/mol. The molecule has 1 aliphatic rings. The van der Waals surface area contributed by atoms with Crippen molar-refractivity contribution >= 4 is 50.1 Å². The van der Waals surface area contributed by atoms with Crippen LogP contribution in [0, 0.1) is 12.8 Å². The lowest BCUT2D eigenvalue weighted by Crippen LogP contribution is -2.51. The molecule has 2 atom stereocenters. The molecule has 2 unspecified atom stereocenters. The first kappa shape index (κ1) is 30.9. The molecule has 0 saturated carbocycles. The highest BCUT2D eigenvalue weighted by atomic mass is 32.2. The summed E-state index contributed by atoms with van der Waals surface area (Å²) in [5.41, 5.74) is 2.01. The Morgan fingerprint density at radius 2 is 2.00 bits per heavy atom. The summed E-state index contributed by atoms with van der Waals surface area (Å²) in [4.78, 5) is 11.0. The van der Waals surface area contributed by atoms with E-state index in [-0.39, 0.29) is 12.0 Å². The van der Waals surface area contributed by atoms with Gasteiger partial charge >= 0.3 is 0 Å². The third kappa shape index (κ3) is 8.05. The van der Waals surface area contributed by atoms with Crippen molar-refractivity contribution in [1.82, 2.24) is 15.3 Å². The highest BCUT2D eigenvalue weighted by Gasteiger charge is 2.26. The summed E-state index contributed by atoms with van der Waals surface area (Å²) >= 11 is 1.51. The number of alkyl halides is 2. The molecular formula is C30H37F2N5O2S2. The first-order valence-corrected chi connectivity index (χ1v) is 15.7. The van der Waals surface area contributed by atoms with Crippen LogP contribution in [0.25, 0.3) is 15.7 Å². The molecule has 2 heterocycles. The van der Waals surface area contributed by atoms with Gasteiger partial charge in [-0.25, -0.2) is 23.0 Å². The quantitative estimate of drug-likeness (QED) is 0.180. The minimum absolute atomic E-state index is 0.0364. The van der Waals surface area contributed by atoms with E-state index in [1.807, 2.05) is 44.2 Å². The monoisotopic (exact) mass is 601 g/mol. The van der Waals surface area contributed by atoms with Crippen LogP contribution in [0.3, 0.4) is 0 Å². The van der Waals surface area contributed by atoms with E-state index in [4.69, 9.17) is 9.72 Å². The van der Waals surface area contributed by atoms with Gasteiger partial charge in [0.2, 0.25) is 5.95 Å². The maximum Gasteiger partial charge on any atom is 0.258 e. The molecule has 2 aromatic carbocycles. The molecule has 1 aliphatic heterocycles. The molecule has 4 rings (SSSR count). The van der Waals surface area contributed by atoms with Gasteiger partial charge in [0.05, 0.1) is 22.3 Å². The molecule has 1 fully saturated rings. The molecule has 11 heteroatoms. The molecule has 0 bridgehead atoms. The lowest BCUT2D eigenvalue weighted by molar-refractivity contribution is 0.0484. The molecule has 1 saturated heterocycles. The van der Waals surface area contributed by atoms with Gasteiger partial charge in [0.25, 0.3) is 5.92 Å². The molecule has 3 N–H and O–H groups in total. The van der Waals surface area contributed by atoms with Gasteiger partial charge in [0.1, 0.15) is 28.2 Å². The van der Waals surface area contributed by atoms with Crippen molar-refractivity contribution in [3.63, 3.8) is 0 Å². The number of thioether (sulfide) groups is 1. The van der Waals surface area contributed by atoms with Crippen molar-refractivity contribution in [1.29, 1.82) is 0 Å². The summed E-state index contributed by atoms with van der Waals surface area (Å²) in [6.45, 7) is 14.7. The van der Waals surface area contributed by atoms with E-state index in [1.54, 1.807) is 12.3 Å². The number of halogens is 2. The van der Waals surface area contributed by atoms with Crippen molar-refractivity contribution in [2.75, 3.05) is 28.9 Å². The van der Waals surface area contributed by atoms with E-state index >= 15 is 0 Å². The lowest BCUT2D eigenvalue weighted by atomic mass is 10.0. The zero-order valence-electron chi connectivity index (χ0n) is 24.0. The van der Waals surface area contributed by atoms with Gasteiger partial charge in [-0.2, -0.15) is 0 Å². The first-order valence-electron chi connectivity index (χ1n) is 13.6. The van der Waals surface area contributed by atoms with Crippen molar-refractivity contribution in [2.24, 2.45) is 5.92 Å². The van der Waals surface area contributed by atoms with Gasteiger partial charge in [-0.1, -0.05) is 56.5 Å². The van der Waals surface area contributed by atoms with Gasteiger partial charge in [0, 0.05) is 42.9 Å². The first-order chi connectivity index (χ1) is 19.4. The topological polar surface area (TPSA) is 88.2 Å². The Morgan fingerprint density at radius 1 is 1.29 bits per heavy atom. The number of hydrogen-bond acceptors (Lipinski definition) is 7. The zero-order chi connectivity index (χ0) is 29.7. The van der Waals surface area contributed by atoms with Crippen LogP contribution in [0.5, 0.6) is 5.75 Å². The number of rotatable bonds is 13. The van der Waals surface area contributed by atoms with E-state index in [0.717, 1.165) is 64.0 Å². The van der Waals surface area contributed by atoms with Crippen LogP contribution < -0.4 is 20.1 Å². The summed E-state index contributed by atoms with van der Waals surface area (Å²) in [6, 6.07) is 11.5. The van der Waals surface area contributed by atoms with Crippen molar-refractivity contribution in [3.05, 3.63) is 71.1 Å². The summed E-state index contributed by atoms with van der Waals surface area (Å²) in [7, 11) is -1.96. The largest absolute Gasteiger partial charge is 0.459 e. The summed E-state index contributed by atoms with van der Waals surface area (Å²) in [5.74, 6) is -1.85. The van der Waals surface area contributed by atoms with Gasteiger partial charge in [-0.15, -0.1) is 0 Å². The molecule has 41 heavy (non-hydrogen) atoms. The van der Waals surface area contributed by atoms with Crippen LogP contribution >= 0.6 is 11.8 Å². The van der Waals surface area contributed by atoms with Crippen LogP contribution in [-0.4, -0.2) is 45.0 Å². The van der Waals surface area contributed by atoms with E-state index in [0.29, 0.717) is 17.4 Å². The van der Waals surface area contributed by atoms with Gasteiger partial charge in [-0.3, -0.25) is 0 Å². The number of fused-ring (bicyclic) bond motifs is 1. The van der Waals surface area contributed by atoms with Crippen LogP contribution in [0.15, 0.2) is 59.8 Å². The lowest BCUT2D eigenvalue weighted by Gasteiger charge is -2.28. The molecule has 220 valence electrons. The Morgan fingerprint density at radius 3 is 2.61 bits per heavy atom. The third-order valence-corrected chi connectivity index (χ3v) is 8.74. The fourth-order valence-corrected chi connectivity index (χ4v) is 6.15. The van der Waals surface area contributed by atoms with E-state index < -0.39 is 22.7 Å². The predicted molar refractivity (Wildman–Crippen MR) is 168 cm³/mol. The fourth-order valence-electron chi connectivity index (χ4n) is 4.29. The number of benzene rings is 2. The smallest absolute Gasteiger partial charge is 0.258 e. The van der Waals surface area contributed by atoms with E-state index in [2.05, 4.69) is 40.8 Å². The number of aromatic nitrogens is 2. The number of allylic oxidation sites excluding steroid dienone is 2. The molecule has 0 spiro atoms. The van der Waals surface area contributed by atoms with Crippen molar-refractivity contribution in [2.45, 2.75) is 53.0 Å². The fraction of sp³-hybridized carbons (Fsp3) is 0.400. The van der Waals surface area contributed by atoms with Crippen molar-refractivity contribution in [3.8, 4) is 5.75 Å². The molecular weight excluding hydrogens is 564 g/mol. The van der Waals surface area contributed by atoms with E-state index in [1.165, 1.54) is 11.8 Å². The highest BCUT2D eigenvalue weighted by molar-refractivity contribution is 8.11. The summed E-state index contributed by atoms with van der Waals surface area (Å²) < 4.78 is 49.1. The molecule has 0 aliphatic carbocycles. The second-order valence-corrected chi connectivity index (χ2v) is 12.9. The summed E-state index contributed by atoms with van der Waals surface area (Å²) in [5, 5.41) is 8.11. The number of nitrogens with one attached hydrogen (secondary N) is 3. The molecule has 0 radical (unpaired) electrons. The minimum Gasteiger partial charge on any atom is -0.459 e. The van der Waals surface area contributed by atoms with Gasteiger partial charge in [0.15, 0.2) is 0 Å². The number of nitrogens with zero attached hydrogens (tertiary/aromatic N) is 2. The number of aryl methyl sites for hydroxylation is 1. The third-order valence-electron chi connectivity index (χ3n) is 6.56. The van der Waals surface area contributed by atoms with Gasteiger partial charge < -0.3 is 20.1 Å². The second kappa shape index (κ2) is 13.3. The van der Waals surface area contributed by atoms with Crippen LogP contribution in [0.2, 0.25) is 0 Å². The number of anilines is 2. The number of ether oxygens (including phenoxy) is 1. The Kier molecular flexibility index (Phi) is 10.0. The zero-order valence-corrected chi connectivity index (χ0v) is 25.6. The normalized spacial score (nSPS) is 16.0. The maximum atomic E-state index is 13.5. The Balaban J connectivity index is 1.80. The minimum atomic E-state index is -3.05. The van der Waals surface area contributed by atoms with E-state index in [9.17, 15) is 13.0 Å². The SMILES string of the molecule is C=C(C)S/C(=C(/Oc1c(C)cc(NS(=O)CC(C)(F)F)c2ccccc12)C(C)CC)c1ccnc(NC2CNC2)n1. The maximum absolute atomic E-state index is 13.5. The van der Waals surface area contributed by atoms with Crippen LogP contribution in [0.4, 0.5) is 20.4 Å². The van der Waals surface area contributed by atoms with Crippen LogP contribution in [-0.2, 0) is 11.0 Å². The summed E-state index contributed by atoms with van der Waals surface area (Å²) in [6.07, 6.45) is 2.56. The molecule has 0 amide bonds. The molecule has 7 nitrogen and oxygen atoms in total. The predicted octanol–water partition coefficient (Wildman–Crippen LogP) is 7.11. The Hall–Kier alpha value is -3.02. The van der Waals surface area contributed by atoms with Crippen molar-refractivity contribution < 1.29 is 17.7 Å². The standard InChI is InChI=1S/C30H37F2N5O2S2/c1-7-19(4)27(28(40-18(2)3)24-12-13-34-29(36-24)35-21-15-33-16-21)39-26-20(5)14-25(22-10-8-9-11-23(22)26)37-41(38)17-30(6,31)32/h8-14,19,21,33,37H,2,7,15-17H2,1,3-6H3,(H,34,35,36)/b28-27+. The van der Waals surface area contributed by atoms with Gasteiger partial charge in [-0.05, 0) is 42.9 Å². The Bertz CT molecular complexity index is 1470. The molecule has 1 aromatic heterocycles.